The van der Waals surface area contributed by atoms with Gasteiger partial charge < -0.3 is 10.6 Å². The number of ketones is 1. The molecule has 0 saturated heterocycles. The van der Waals surface area contributed by atoms with Crippen LogP contribution in [0.15, 0.2) is 36.4 Å². The number of rotatable bonds is 5. The molecule has 6 heteroatoms. The van der Waals surface area contributed by atoms with Crippen molar-refractivity contribution in [2.24, 2.45) is 5.92 Å². The highest BCUT2D eigenvalue weighted by Crippen LogP contribution is 2.17. The molecule has 0 radical (unpaired) electrons. The fraction of sp³-hybridized carbons (Fsp3) is 0.250. The van der Waals surface area contributed by atoms with E-state index >= 15 is 0 Å². The number of aromatic nitrogens is 2. The second kappa shape index (κ2) is 6.80. The molecule has 0 atom stereocenters. The molecule has 2 N–H and O–H groups in total. The fourth-order valence-corrected chi connectivity index (χ4v) is 1.70. The van der Waals surface area contributed by atoms with Crippen molar-refractivity contribution in [3.8, 4) is 0 Å². The number of hydrogen-bond donors (Lipinski definition) is 2. The monoisotopic (exact) mass is 298 g/mol. The lowest BCUT2D eigenvalue weighted by Gasteiger charge is -2.08. The average molecular weight is 298 g/mol. The molecule has 6 nitrogen and oxygen atoms in total. The van der Waals surface area contributed by atoms with Crippen LogP contribution in [0.25, 0.3) is 0 Å². The van der Waals surface area contributed by atoms with Crippen LogP contribution < -0.4 is 10.6 Å². The van der Waals surface area contributed by atoms with Crippen LogP contribution in [-0.2, 0) is 4.79 Å². The molecule has 0 fully saturated rings. The topological polar surface area (TPSA) is 84.0 Å². The largest absolute Gasteiger partial charge is 0.339 e. The summed E-state index contributed by atoms with van der Waals surface area (Å²) in [6.07, 6.45) is 0. The summed E-state index contributed by atoms with van der Waals surface area (Å²) in [5.74, 6) is 0.713. The number of Topliss-reactive ketones (excluding diaryl/α,β-unsaturated/α-hetero) is 1. The van der Waals surface area contributed by atoms with E-state index in [2.05, 4.69) is 20.8 Å². The summed E-state index contributed by atoms with van der Waals surface area (Å²) in [5.41, 5.74) is 1.37. The van der Waals surface area contributed by atoms with Gasteiger partial charge in [-0.2, -0.15) is 0 Å². The zero-order chi connectivity index (χ0) is 16.1. The molecule has 114 valence electrons. The predicted molar refractivity (Wildman–Crippen MR) is 85.2 cm³/mol. The Morgan fingerprint density at radius 1 is 1.05 bits per heavy atom. The molecule has 0 spiro atoms. The lowest BCUT2D eigenvalue weighted by molar-refractivity contribution is -0.118. The van der Waals surface area contributed by atoms with Crippen molar-refractivity contribution >= 4 is 29.0 Å². The minimum atomic E-state index is -0.117. The van der Waals surface area contributed by atoms with Gasteiger partial charge in [0, 0.05) is 17.2 Å². The molecule has 0 aliphatic heterocycles. The molecule has 22 heavy (non-hydrogen) atoms. The van der Waals surface area contributed by atoms with Crippen molar-refractivity contribution in [1.82, 2.24) is 10.2 Å². The Labute approximate surface area is 129 Å². The van der Waals surface area contributed by atoms with Crippen molar-refractivity contribution in [1.29, 1.82) is 0 Å². The molecule has 0 aliphatic rings. The van der Waals surface area contributed by atoms with Crippen LogP contribution in [0.5, 0.6) is 0 Å². The third-order valence-electron chi connectivity index (χ3n) is 2.98. The number of nitrogens with one attached hydrogen (secondary N) is 2. The van der Waals surface area contributed by atoms with Gasteiger partial charge in [-0.15, -0.1) is 10.2 Å². The van der Waals surface area contributed by atoms with Crippen molar-refractivity contribution in [3.05, 3.63) is 42.0 Å². The Hall–Kier alpha value is -2.76. The van der Waals surface area contributed by atoms with E-state index in [9.17, 15) is 9.59 Å². The Balaban J connectivity index is 2.06. The van der Waals surface area contributed by atoms with E-state index in [0.29, 0.717) is 17.2 Å². The van der Waals surface area contributed by atoms with Gasteiger partial charge in [0.15, 0.2) is 17.4 Å². The van der Waals surface area contributed by atoms with Gasteiger partial charge in [-0.3, -0.25) is 9.59 Å². The lowest BCUT2D eigenvalue weighted by Crippen LogP contribution is -2.18. The summed E-state index contributed by atoms with van der Waals surface area (Å²) in [6, 6.07) is 10.5. The molecule has 0 unspecified atom stereocenters. The third kappa shape index (κ3) is 4.12. The first kappa shape index (κ1) is 15.6. The van der Waals surface area contributed by atoms with Gasteiger partial charge in [0.25, 0.3) is 0 Å². The standard InChI is InChI=1S/C16H18N4O2/c1-10(2)16(22)18-15-8-7-14(19-20-15)17-13-6-4-5-12(9-13)11(3)21/h4-10H,1-3H3,(H,17,19)(H,18,20,22). The van der Waals surface area contributed by atoms with Crippen LogP contribution in [0.2, 0.25) is 0 Å². The SMILES string of the molecule is CC(=O)c1cccc(Nc2ccc(NC(=O)C(C)C)nn2)c1. The van der Waals surface area contributed by atoms with E-state index in [1.165, 1.54) is 6.92 Å². The van der Waals surface area contributed by atoms with E-state index < -0.39 is 0 Å². The predicted octanol–water partition coefficient (Wildman–Crippen LogP) is 3.02. The van der Waals surface area contributed by atoms with E-state index in [4.69, 9.17) is 0 Å². The molecular weight excluding hydrogens is 280 g/mol. The maximum absolute atomic E-state index is 11.6. The fourth-order valence-electron chi connectivity index (χ4n) is 1.70. The normalized spacial score (nSPS) is 10.4. The molecule has 1 aromatic heterocycles. The van der Waals surface area contributed by atoms with E-state index in [0.717, 1.165) is 5.69 Å². The van der Waals surface area contributed by atoms with Crippen molar-refractivity contribution < 1.29 is 9.59 Å². The number of nitrogens with zero attached hydrogens (tertiary/aromatic N) is 2. The lowest BCUT2D eigenvalue weighted by atomic mass is 10.1. The van der Waals surface area contributed by atoms with Crippen LogP contribution >= 0.6 is 0 Å². The second-order valence-corrected chi connectivity index (χ2v) is 5.21. The first-order valence-corrected chi connectivity index (χ1v) is 6.98. The number of carbonyl (C=O) groups excluding carboxylic acids is 2. The molecule has 0 bridgehead atoms. The zero-order valence-corrected chi connectivity index (χ0v) is 12.8. The Bertz CT molecular complexity index is 681. The number of anilines is 3. The zero-order valence-electron chi connectivity index (χ0n) is 12.8. The van der Waals surface area contributed by atoms with Crippen LogP contribution in [0.3, 0.4) is 0 Å². The highest BCUT2D eigenvalue weighted by atomic mass is 16.2. The Morgan fingerprint density at radius 3 is 2.32 bits per heavy atom. The molecule has 1 amide bonds. The minimum absolute atomic E-state index is 0.00137. The molecule has 2 rings (SSSR count). The van der Waals surface area contributed by atoms with Gasteiger partial charge in [-0.1, -0.05) is 26.0 Å². The smallest absolute Gasteiger partial charge is 0.228 e. The number of amides is 1. The van der Waals surface area contributed by atoms with Crippen LogP contribution in [0.1, 0.15) is 31.1 Å². The molecule has 0 saturated carbocycles. The first-order valence-electron chi connectivity index (χ1n) is 6.98. The van der Waals surface area contributed by atoms with Crippen LogP contribution in [0.4, 0.5) is 17.3 Å². The van der Waals surface area contributed by atoms with Gasteiger partial charge in [-0.05, 0) is 31.2 Å². The van der Waals surface area contributed by atoms with Gasteiger partial charge in [0.2, 0.25) is 5.91 Å². The van der Waals surface area contributed by atoms with Crippen molar-refractivity contribution in [2.75, 3.05) is 10.6 Å². The van der Waals surface area contributed by atoms with E-state index in [1.807, 2.05) is 6.07 Å². The molecular formula is C16H18N4O2. The van der Waals surface area contributed by atoms with Gasteiger partial charge in [-0.25, -0.2) is 0 Å². The average Bonchev–Trinajstić information content (AvgIpc) is 2.49. The summed E-state index contributed by atoms with van der Waals surface area (Å²) in [7, 11) is 0. The van der Waals surface area contributed by atoms with Crippen LogP contribution in [-0.4, -0.2) is 21.9 Å². The Morgan fingerprint density at radius 2 is 1.73 bits per heavy atom. The summed E-state index contributed by atoms with van der Waals surface area (Å²) in [4.78, 5) is 22.9. The molecule has 1 heterocycles. The maximum Gasteiger partial charge on any atom is 0.228 e. The summed E-state index contributed by atoms with van der Waals surface area (Å²) in [5, 5.41) is 13.7. The van der Waals surface area contributed by atoms with Gasteiger partial charge >= 0.3 is 0 Å². The van der Waals surface area contributed by atoms with Crippen molar-refractivity contribution in [2.45, 2.75) is 20.8 Å². The molecule has 1 aromatic carbocycles. The third-order valence-corrected chi connectivity index (χ3v) is 2.98. The minimum Gasteiger partial charge on any atom is -0.339 e. The number of benzene rings is 1. The quantitative estimate of drug-likeness (QED) is 0.829. The summed E-state index contributed by atoms with van der Waals surface area (Å²) in [6.45, 7) is 5.13. The summed E-state index contributed by atoms with van der Waals surface area (Å²) < 4.78 is 0. The van der Waals surface area contributed by atoms with E-state index in [1.54, 1.807) is 44.2 Å². The first-order chi connectivity index (χ1) is 10.5. The second-order valence-electron chi connectivity index (χ2n) is 5.21. The Kier molecular flexibility index (Phi) is 4.83. The highest BCUT2D eigenvalue weighted by molar-refractivity contribution is 5.95. The van der Waals surface area contributed by atoms with Gasteiger partial charge in [0.05, 0.1) is 0 Å². The highest BCUT2D eigenvalue weighted by Gasteiger charge is 2.08. The van der Waals surface area contributed by atoms with Crippen LogP contribution in [0, 0.1) is 5.92 Å². The van der Waals surface area contributed by atoms with Gasteiger partial charge in [0.1, 0.15) is 0 Å². The summed E-state index contributed by atoms with van der Waals surface area (Å²) >= 11 is 0. The van der Waals surface area contributed by atoms with Crippen molar-refractivity contribution in [3.63, 3.8) is 0 Å². The number of carbonyl (C=O) groups is 2. The maximum atomic E-state index is 11.6. The number of hydrogen-bond acceptors (Lipinski definition) is 5. The molecule has 0 aliphatic carbocycles. The van der Waals surface area contributed by atoms with E-state index in [-0.39, 0.29) is 17.6 Å². The molecule has 2 aromatic rings.